The molecule has 2 heterocycles. The summed E-state index contributed by atoms with van der Waals surface area (Å²) in [4.78, 5) is 15.3. The summed E-state index contributed by atoms with van der Waals surface area (Å²) < 4.78 is 1.09. The van der Waals surface area contributed by atoms with Gasteiger partial charge in [-0.2, -0.15) is 0 Å². The first-order valence-corrected chi connectivity index (χ1v) is 6.93. The van der Waals surface area contributed by atoms with Gasteiger partial charge in [-0.3, -0.25) is 4.79 Å². The fraction of sp³-hybridized carbons (Fsp3) is 0.545. The van der Waals surface area contributed by atoms with Gasteiger partial charge in [0.1, 0.15) is 0 Å². The van der Waals surface area contributed by atoms with Crippen LogP contribution < -0.4 is 5.32 Å². The molecule has 0 bridgehead atoms. The van der Waals surface area contributed by atoms with Crippen LogP contribution >= 0.6 is 27.3 Å². The molecule has 1 amide bonds. The number of carbonyl (C=O) groups is 1. The van der Waals surface area contributed by atoms with E-state index in [0.29, 0.717) is 0 Å². The van der Waals surface area contributed by atoms with Crippen molar-refractivity contribution in [1.29, 1.82) is 0 Å². The number of rotatable bonds is 2. The van der Waals surface area contributed by atoms with E-state index in [-0.39, 0.29) is 5.91 Å². The standard InChI is InChI=1S/C11H15BrN2OS/c1-11(2)10(15)14(4-3-13-11)6-9-5-8(12)7-16-9/h5,7,13H,3-4,6H2,1-2H3. The lowest BCUT2D eigenvalue weighted by Gasteiger charge is -2.37. The zero-order valence-electron chi connectivity index (χ0n) is 9.42. The summed E-state index contributed by atoms with van der Waals surface area (Å²) in [5, 5.41) is 5.28. The van der Waals surface area contributed by atoms with Crippen LogP contribution in [-0.2, 0) is 11.3 Å². The van der Waals surface area contributed by atoms with Crippen molar-refractivity contribution in [1.82, 2.24) is 10.2 Å². The molecule has 0 spiro atoms. The van der Waals surface area contributed by atoms with Crippen LogP contribution in [0.1, 0.15) is 18.7 Å². The van der Waals surface area contributed by atoms with Gasteiger partial charge in [-0.05, 0) is 35.8 Å². The number of halogens is 1. The summed E-state index contributed by atoms with van der Waals surface area (Å²) >= 11 is 5.11. The van der Waals surface area contributed by atoms with Crippen molar-refractivity contribution in [3.8, 4) is 0 Å². The minimum atomic E-state index is -0.424. The molecule has 1 N–H and O–H groups in total. The molecule has 0 radical (unpaired) electrons. The third-order valence-corrected chi connectivity index (χ3v) is 4.42. The number of nitrogens with zero attached hydrogens (tertiary/aromatic N) is 1. The number of carbonyl (C=O) groups excluding carboxylic acids is 1. The maximum absolute atomic E-state index is 12.1. The first-order chi connectivity index (χ1) is 7.49. The normalized spacial score (nSPS) is 20.2. The average molecular weight is 303 g/mol. The van der Waals surface area contributed by atoms with Crippen molar-refractivity contribution < 1.29 is 4.79 Å². The van der Waals surface area contributed by atoms with Crippen LogP contribution in [0, 0.1) is 0 Å². The minimum absolute atomic E-state index is 0.184. The van der Waals surface area contributed by atoms with Crippen LogP contribution in [-0.4, -0.2) is 29.4 Å². The second-order valence-corrected chi connectivity index (χ2v) is 6.42. The molecule has 0 atom stereocenters. The van der Waals surface area contributed by atoms with E-state index in [0.717, 1.165) is 24.1 Å². The lowest BCUT2D eigenvalue weighted by atomic mass is 10.0. The molecule has 88 valence electrons. The van der Waals surface area contributed by atoms with Gasteiger partial charge in [0.15, 0.2) is 0 Å². The van der Waals surface area contributed by atoms with Crippen molar-refractivity contribution in [2.24, 2.45) is 0 Å². The molecular formula is C11H15BrN2OS. The Bertz CT molecular complexity index is 402. The number of hydrogen-bond acceptors (Lipinski definition) is 3. The Balaban J connectivity index is 2.07. The van der Waals surface area contributed by atoms with Gasteiger partial charge in [0, 0.05) is 27.8 Å². The molecule has 1 aliphatic rings. The van der Waals surface area contributed by atoms with Crippen molar-refractivity contribution in [3.63, 3.8) is 0 Å². The number of amides is 1. The average Bonchev–Trinajstić information content (AvgIpc) is 2.59. The van der Waals surface area contributed by atoms with E-state index in [1.807, 2.05) is 24.1 Å². The van der Waals surface area contributed by atoms with Gasteiger partial charge >= 0.3 is 0 Å². The SMILES string of the molecule is CC1(C)NCCN(Cc2cc(Br)cs2)C1=O. The Morgan fingerprint density at radius 1 is 1.62 bits per heavy atom. The van der Waals surface area contributed by atoms with Crippen molar-refractivity contribution in [2.45, 2.75) is 25.9 Å². The molecule has 3 nitrogen and oxygen atoms in total. The predicted molar refractivity (Wildman–Crippen MR) is 69.5 cm³/mol. The largest absolute Gasteiger partial charge is 0.335 e. The second kappa shape index (κ2) is 4.47. The molecule has 0 saturated carbocycles. The topological polar surface area (TPSA) is 32.3 Å². The van der Waals surface area contributed by atoms with Crippen LogP contribution in [0.15, 0.2) is 15.9 Å². The highest BCUT2D eigenvalue weighted by Crippen LogP contribution is 2.23. The molecule has 1 saturated heterocycles. The van der Waals surface area contributed by atoms with Crippen LogP contribution in [0.25, 0.3) is 0 Å². The quantitative estimate of drug-likeness (QED) is 0.908. The molecule has 1 aromatic heterocycles. The second-order valence-electron chi connectivity index (χ2n) is 4.51. The zero-order chi connectivity index (χ0) is 11.8. The molecular weight excluding hydrogens is 288 g/mol. The van der Waals surface area contributed by atoms with Gasteiger partial charge < -0.3 is 10.2 Å². The first-order valence-electron chi connectivity index (χ1n) is 5.26. The van der Waals surface area contributed by atoms with Crippen molar-refractivity contribution in [3.05, 3.63) is 20.8 Å². The van der Waals surface area contributed by atoms with E-state index in [9.17, 15) is 4.79 Å². The third kappa shape index (κ3) is 2.47. The monoisotopic (exact) mass is 302 g/mol. The molecule has 2 rings (SSSR count). The summed E-state index contributed by atoms with van der Waals surface area (Å²) in [5.74, 6) is 0.184. The Morgan fingerprint density at radius 2 is 2.38 bits per heavy atom. The van der Waals surface area contributed by atoms with E-state index < -0.39 is 5.54 Å². The lowest BCUT2D eigenvalue weighted by Crippen LogP contribution is -2.60. The first kappa shape index (κ1) is 12.1. The van der Waals surface area contributed by atoms with E-state index >= 15 is 0 Å². The van der Waals surface area contributed by atoms with Crippen LogP contribution in [0.4, 0.5) is 0 Å². The maximum Gasteiger partial charge on any atom is 0.242 e. The number of hydrogen-bond donors (Lipinski definition) is 1. The number of nitrogens with one attached hydrogen (secondary N) is 1. The third-order valence-electron chi connectivity index (χ3n) is 2.74. The van der Waals surface area contributed by atoms with Crippen molar-refractivity contribution >= 4 is 33.2 Å². The number of piperazine rings is 1. The summed E-state index contributed by atoms with van der Waals surface area (Å²) in [6.45, 7) is 6.25. The summed E-state index contributed by atoms with van der Waals surface area (Å²) in [6, 6.07) is 2.08. The highest BCUT2D eigenvalue weighted by atomic mass is 79.9. The van der Waals surface area contributed by atoms with Gasteiger partial charge in [-0.15, -0.1) is 11.3 Å². The smallest absolute Gasteiger partial charge is 0.242 e. The van der Waals surface area contributed by atoms with Crippen LogP contribution in [0.3, 0.4) is 0 Å². The van der Waals surface area contributed by atoms with E-state index in [1.54, 1.807) is 11.3 Å². The van der Waals surface area contributed by atoms with Crippen LogP contribution in [0.2, 0.25) is 0 Å². The fourth-order valence-corrected chi connectivity index (χ4v) is 3.32. The van der Waals surface area contributed by atoms with Gasteiger partial charge in [-0.1, -0.05) is 0 Å². The molecule has 1 aromatic rings. The van der Waals surface area contributed by atoms with Gasteiger partial charge in [0.2, 0.25) is 5.91 Å². The van der Waals surface area contributed by atoms with E-state index in [2.05, 4.69) is 27.3 Å². The maximum atomic E-state index is 12.1. The summed E-state index contributed by atoms with van der Waals surface area (Å²) in [6.07, 6.45) is 0. The van der Waals surface area contributed by atoms with E-state index in [1.165, 1.54) is 4.88 Å². The Labute approximate surface area is 108 Å². The Morgan fingerprint density at radius 3 is 3.00 bits per heavy atom. The molecule has 5 heteroatoms. The van der Waals surface area contributed by atoms with Crippen LogP contribution in [0.5, 0.6) is 0 Å². The molecule has 0 unspecified atom stereocenters. The summed E-state index contributed by atoms with van der Waals surface area (Å²) in [7, 11) is 0. The molecule has 1 fully saturated rings. The van der Waals surface area contributed by atoms with Gasteiger partial charge in [0.05, 0.1) is 12.1 Å². The molecule has 0 aliphatic carbocycles. The minimum Gasteiger partial charge on any atom is -0.335 e. The molecule has 16 heavy (non-hydrogen) atoms. The highest BCUT2D eigenvalue weighted by molar-refractivity contribution is 9.10. The molecule has 1 aliphatic heterocycles. The summed E-state index contributed by atoms with van der Waals surface area (Å²) in [5.41, 5.74) is -0.424. The van der Waals surface area contributed by atoms with E-state index in [4.69, 9.17) is 0 Å². The Kier molecular flexibility index (Phi) is 3.37. The fourth-order valence-electron chi connectivity index (χ4n) is 1.85. The van der Waals surface area contributed by atoms with Gasteiger partial charge in [0.25, 0.3) is 0 Å². The highest BCUT2D eigenvalue weighted by Gasteiger charge is 2.35. The lowest BCUT2D eigenvalue weighted by molar-refractivity contribution is -0.140. The predicted octanol–water partition coefficient (Wildman–Crippen LogP) is 2.22. The van der Waals surface area contributed by atoms with Gasteiger partial charge in [-0.25, -0.2) is 0 Å². The molecule has 0 aromatic carbocycles. The Hall–Kier alpha value is -0.390. The van der Waals surface area contributed by atoms with Crippen molar-refractivity contribution in [2.75, 3.05) is 13.1 Å². The zero-order valence-corrected chi connectivity index (χ0v) is 11.8. The number of thiophene rings is 1.